The van der Waals surface area contributed by atoms with Crippen LogP contribution in [0.4, 0.5) is 9.59 Å². The van der Waals surface area contributed by atoms with Crippen molar-refractivity contribution in [3.05, 3.63) is 0 Å². The molecule has 0 radical (unpaired) electrons. The average Bonchev–Trinajstić information content (AvgIpc) is 2.37. The summed E-state index contributed by atoms with van der Waals surface area (Å²) in [6.45, 7) is 9.05. The number of carbonyl (C=O) groups excluding carboxylic acids is 3. The molecule has 108 valence electrons. The molecule has 1 aliphatic heterocycles. The van der Waals surface area contributed by atoms with Gasteiger partial charge in [-0.2, -0.15) is 0 Å². The number of ether oxygens (including phenoxy) is 1. The van der Waals surface area contributed by atoms with E-state index in [2.05, 4.69) is 5.32 Å². The van der Waals surface area contributed by atoms with Crippen molar-refractivity contribution in [3.8, 4) is 0 Å². The third-order valence-corrected chi connectivity index (χ3v) is 3.41. The Morgan fingerprint density at radius 2 is 1.95 bits per heavy atom. The minimum atomic E-state index is -0.719. The summed E-state index contributed by atoms with van der Waals surface area (Å²) in [5, 5.41) is 2.24. The Balaban J connectivity index is 2.40. The standard InChI is InChI=1S/C12H20N2O4S/c1-11(2,3)18-9(16)13-6-7-14-8(15)12(4,5)19-10(14)17/h6-7H2,1-5H3,(H,13,16). The highest BCUT2D eigenvalue weighted by atomic mass is 32.2. The van der Waals surface area contributed by atoms with Crippen molar-refractivity contribution in [1.82, 2.24) is 10.2 Å². The van der Waals surface area contributed by atoms with Crippen LogP contribution in [0.5, 0.6) is 0 Å². The molecule has 0 atom stereocenters. The second-order valence-electron chi connectivity index (χ2n) is 5.76. The van der Waals surface area contributed by atoms with Gasteiger partial charge in [0.15, 0.2) is 0 Å². The van der Waals surface area contributed by atoms with Crippen molar-refractivity contribution in [1.29, 1.82) is 0 Å². The number of imide groups is 1. The van der Waals surface area contributed by atoms with Crippen molar-refractivity contribution >= 4 is 29.0 Å². The fourth-order valence-electron chi connectivity index (χ4n) is 1.50. The Morgan fingerprint density at radius 3 is 2.37 bits per heavy atom. The predicted octanol–water partition coefficient (Wildman–Crippen LogP) is 1.99. The molecule has 1 heterocycles. The van der Waals surface area contributed by atoms with E-state index < -0.39 is 16.4 Å². The van der Waals surface area contributed by atoms with E-state index >= 15 is 0 Å². The molecule has 0 saturated carbocycles. The van der Waals surface area contributed by atoms with Crippen LogP contribution in [0, 0.1) is 0 Å². The Morgan fingerprint density at radius 1 is 1.37 bits per heavy atom. The van der Waals surface area contributed by atoms with Crippen LogP contribution in [0.25, 0.3) is 0 Å². The van der Waals surface area contributed by atoms with Crippen molar-refractivity contribution in [2.45, 2.75) is 45.0 Å². The maximum absolute atomic E-state index is 11.9. The fraction of sp³-hybridized carbons (Fsp3) is 0.750. The number of carbonyl (C=O) groups is 3. The number of hydrogen-bond acceptors (Lipinski definition) is 5. The van der Waals surface area contributed by atoms with Crippen molar-refractivity contribution in [2.24, 2.45) is 0 Å². The average molecular weight is 288 g/mol. The van der Waals surface area contributed by atoms with E-state index in [0.29, 0.717) is 0 Å². The molecule has 0 aromatic rings. The number of nitrogens with zero attached hydrogens (tertiary/aromatic N) is 1. The highest BCUT2D eigenvalue weighted by Gasteiger charge is 2.45. The van der Waals surface area contributed by atoms with Gasteiger partial charge in [0.25, 0.3) is 5.24 Å². The first-order valence-corrected chi connectivity index (χ1v) is 6.86. The summed E-state index contributed by atoms with van der Waals surface area (Å²) in [6, 6.07) is 0. The molecule has 0 aliphatic carbocycles. The molecule has 1 rings (SSSR count). The molecule has 7 heteroatoms. The number of thioether (sulfide) groups is 1. The van der Waals surface area contributed by atoms with Gasteiger partial charge in [-0.25, -0.2) is 4.79 Å². The summed E-state index contributed by atoms with van der Waals surface area (Å²) in [5.41, 5.74) is -0.568. The molecular weight excluding hydrogens is 268 g/mol. The molecule has 0 bridgehead atoms. The van der Waals surface area contributed by atoms with Crippen molar-refractivity contribution in [3.63, 3.8) is 0 Å². The van der Waals surface area contributed by atoms with Crippen LogP contribution in [-0.2, 0) is 9.53 Å². The van der Waals surface area contributed by atoms with Crippen LogP contribution in [0.3, 0.4) is 0 Å². The fourth-order valence-corrected chi connectivity index (χ4v) is 2.42. The van der Waals surface area contributed by atoms with Gasteiger partial charge in [0, 0.05) is 13.1 Å². The molecule has 6 nitrogen and oxygen atoms in total. The molecular formula is C12H20N2O4S. The summed E-state index contributed by atoms with van der Waals surface area (Å²) in [6.07, 6.45) is -0.557. The molecule has 1 N–H and O–H groups in total. The summed E-state index contributed by atoms with van der Waals surface area (Å²) in [5.74, 6) is -0.228. The maximum Gasteiger partial charge on any atom is 0.407 e. The lowest BCUT2D eigenvalue weighted by molar-refractivity contribution is -0.128. The Labute approximate surface area is 117 Å². The SMILES string of the molecule is CC(C)(C)OC(=O)NCCN1C(=O)SC(C)(C)C1=O. The Kier molecular flexibility index (Phi) is 4.50. The van der Waals surface area contributed by atoms with Gasteiger partial charge < -0.3 is 10.1 Å². The van der Waals surface area contributed by atoms with Crippen LogP contribution in [0.15, 0.2) is 0 Å². The van der Waals surface area contributed by atoms with Crippen LogP contribution in [0.2, 0.25) is 0 Å². The monoisotopic (exact) mass is 288 g/mol. The molecule has 19 heavy (non-hydrogen) atoms. The first kappa shape index (κ1) is 15.8. The number of alkyl carbamates (subject to hydrolysis) is 1. The van der Waals surface area contributed by atoms with Gasteiger partial charge in [0.05, 0.1) is 4.75 Å². The van der Waals surface area contributed by atoms with Gasteiger partial charge in [0.1, 0.15) is 5.60 Å². The second kappa shape index (κ2) is 5.40. The van der Waals surface area contributed by atoms with E-state index in [1.807, 2.05) is 0 Å². The lowest BCUT2D eigenvalue weighted by Crippen LogP contribution is -2.41. The zero-order chi connectivity index (χ0) is 14.8. The third-order valence-electron chi connectivity index (χ3n) is 2.33. The molecule has 0 aromatic heterocycles. The molecule has 0 aromatic carbocycles. The minimum Gasteiger partial charge on any atom is -0.444 e. The van der Waals surface area contributed by atoms with Crippen LogP contribution < -0.4 is 5.32 Å². The molecule has 3 amide bonds. The lowest BCUT2D eigenvalue weighted by atomic mass is 10.2. The number of nitrogens with one attached hydrogen (secondary N) is 1. The quantitative estimate of drug-likeness (QED) is 0.859. The van der Waals surface area contributed by atoms with Gasteiger partial charge in [0.2, 0.25) is 5.91 Å². The highest BCUT2D eigenvalue weighted by Crippen LogP contribution is 2.36. The van der Waals surface area contributed by atoms with Crippen molar-refractivity contribution in [2.75, 3.05) is 13.1 Å². The second-order valence-corrected chi connectivity index (χ2v) is 7.34. The highest BCUT2D eigenvalue weighted by molar-refractivity contribution is 8.16. The van der Waals surface area contributed by atoms with Gasteiger partial charge in [-0.1, -0.05) is 0 Å². The van der Waals surface area contributed by atoms with Crippen molar-refractivity contribution < 1.29 is 19.1 Å². The van der Waals surface area contributed by atoms with Gasteiger partial charge in [-0.15, -0.1) is 0 Å². The number of amides is 3. The summed E-state index contributed by atoms with van der Waals surface area (Å²) in [7, 11) is 0. The minimum absolute atomic E-state index is 0.160. The molecule has 1 aliphatic rings. The molecule has 0 spiro atoms. The largest absolute Gasteiger partial charge is 0.444 e. The van der Waals surface area contributed by atoms with E-state index in [-0.39, 0.29) is 24.2 Å². The van der Waals surface area contributed by atoms with E-state index in [4.69, 9.17) is 4.74 Å². The lowest BCUT2D eigenvalue weighted by Gasteiger charge is -2.20. The first-order chi connectivity index (χ1) is 8.53. The molecule has 1 saturated heterocycles. The number of hydrogen-bond donors (Lipinski definition) is 1. The first-order valence-electron chi connectivity index (χ1n) is 6.05. The van der Waals surface area contributed by atoms with Gasteiger partial charge in [-0.3, -0.25) is 14.5 Å². The smallest absolute Gasteiger partial charge is 0.407 e. The van der Waals surface area contributed by atoms with Gasteiger partial charge in [-0.05, 0) is 46.4 Å². The maximum atomic E-state index is 11.9. The van der Waals surface area contributed by atoms with Gasteiger partial charge >= 0.3 is 6.09 Å². The zero-order valence-corrected chi connectivity index (χ0v) is 12.7. The summed E-state index contributed by atoms with van der Waals surface area (Å²) >= 11 is 1.00. The summed E-state index contributed by atoms with van der Waals surface area (Å²) < 4.78 is 4.33. The zero-order valence-electron chi connectivity index (χ0n) is 11.9. The van der Waals surface area contributed by atoms with E-state index in [1.165, 1.54) is 0 Å². The Hall–Kier alpha value is -1.24. The van der Waals surface area contributed by atoms with Crippen LogP contribution in [0.1, 0.15) is 34.6 Å². The van der Waals surface area contributed by atoms with Crippen LogP contribution >= 0.6 is 11.8 Å². The van der Waals surface area contributed by atoms with E-state index in [1.54, 1.807) is 34.6 Å². The topological polar surface area (TPSA) is 75.7 Å². The predicted molar refractivity (Wildman–Crippen MR) is 73.0 cm³/mol. The Bertz CT molecular complexity index is 401. The van der Waals surface area contributed by atoms with E-state index in [0.717, 1.165) is 16.7 Å². The summed E-state index contributed by atoms with van der Waals surface area (Å²) in [4.78, 5) is 36.1. The molecule has 0 unspecified atom stereocenters. The third kappa shape index (κ3) is 4.41. The van der Waals surface area contributed by atoms with E-state index in [9.17, 15) is 14.4 Å². The number of rotatable bonds is 3. The molecule has 1 fully saturated rings. The normalized spacial score (nSPS) is 18.7. The van der Waals surface area contributed by atoms with Crippen LogP contribution in [-0.4, -0.2) is 45.6 Å².